The summed E-state index contributed by atoms with van der Waals surface area (Å²) in [7, 11) is 1.56. The summed E-state index contributed by atoms with van der Waals surface area (Å²) >= 11 is 0. The summed E-state index contributed by atoms with van der Waals surface area (Å²) in [5, 5.41) is 5.58. The highest BCUT2D eigenvalue weighted by Crippen LogP contribution is 2.15. The van der Waals surface area contributed by atoms with Crippen molar-refractivity contribution in [3.05, 3.63) is 17.8 Å². The quantitative estimate of drug-likeness (QED) is 0.467. The fraction of sp³-hybridized carbons (Fsp3) is 0.417. The Morgan fingerprint density at radius 3 is 2.75 bits per heavy atom. The Hall–Kier alpha value is -2.35. The zero-order valence-corrected chi connectivity index (χ0v) is 11.3. The highest BCUT2D eigenvalue weighted by atomic mass is 16.5. The van der Waals surface area contributed by atoms with Gasteiger partial charge in [-0.1, -0.05) is 0 Å². The zero-order valence-electron chi connectivity index (χ0n) is 11.3. The van der Waals surface area contributed by atoms with Gasteiger partial charge in [0, 0.05) is 26.6 Å². The molecule has 0 unspecified atom stereocenters. The summed E-state index contributed by atoms with van der Waals surface area (Å²) in [5.74, 6) is -0.407. The molecule has 0 aliphatic heterocycles. The molecular formula is C12H19N5O3. The number of primary amides is 1. The van der Waals surface area contributed by atoms with Crippen LogP contribution in [-0.2, 0) is 9.53 Å². The summed E-state index contributed by atoms with van der Waals surface area (Å²) in [6, 6.07) is 2.98. The summed E-state index contributed by atoms with van der Waals surface area (Å²) in [6.45, 7) is 1.28. The number of nitrogens with two attached hydrogens (primary N) is 2. The van der Waals surface area contributed by atoms with Crippen molar-refractivity contribution in [2.45, 2.75) is 6.42 Å². The fourth-order valence-corrected chi connectivity index (χ4v) is 1.42. The number of nitrogens with zero attached hydrogens (tertiary/aromatic N) is 1. The van der Waals surface area contributed by atoms with Crippen molar-refractivity contribution in [1.82, 2.24) is 10.3 Å². The van der Waals surface area contributed by atoms with Crippen LogP contribution in [0.15, 0.2) is 12.1 Å². The molecular weight excluding hydrogens is 262 g/mol. The van der Waals surface area contributed by atoms with E-state index >= 15 is 0 Å². The molecule has 0 bridgehead atoms. The molecule has 0 saturated heterocycles. The molecule has 110 valence electrons. The van der Waals surface area contributed by atoms with Gasteiger partial charge in [-0.2, -0.15) is 0 Å². The van der Waals surface area contributed by atoms with Gasteiger partial charge in [0.25, 0.3) is 5.91 Å². The Morgan fingerprint density at radius 1 is 1.35 bits per heavy atom. The van der Waals surface area contributed by atoms with E-state index in [1.54, 1.807) is 7.11 Å². The minimum atomic E-state index is -0.634. The minimum Gasteiger partial charge on any atom is -0.396 e. The van der Waals surface area contributed by atoms with E-state index in [0.29, 0.717) is 31.2 Å². The molecule has 1 aromatic rings. The Balaban J connectivity index is 2.43. The molecule has 6 N–H and O–H groups in total. The number of methoxy groups -OCH3 is 1. The molecule has 0 fully saturated rings. The number of hydrogen-bond acceptors (Lipinski definition) is 6. The monoisotopic (exact) mass is 281 g/mol. The lowest BCUT2D eigenvalue weighted by atomic mass is 10.3. The zero-order chi connectivity index (χ0) is 15.0. The lowest BCUT2D eigenvalue weighted by Gasteiger charge is -2.09. The number of hydrogen-bond donors (Lipinski definition) is 4. The van der Waals surface area contributed by atoms with Gasteiger partial charge in [-0.3, -0.25) is 9.59 Å². The molecule has 20 heavy (non-hydrogen) atoms. The number of nitrogen functional groups attached to an aromatic ring is 1. The third-order valence-corrected chi connectivity index (χ3v) is 2.45. The van der Waals surface area contributed by atoms with E-state index in [4.69, 9.17) is 16.2 Å². The summed E-state index contributed by atoms with van der Waals surface area (Å²) in [5.41, 5.74) is 11.3. The molecule has 1 heterocycles. The lowest BCUT2D eigenvalue weighted by Crippen LogP contribution is -2.28. The van der Waals surface area contributed by atoms with Crippen molar-refractivity contribution in [2.75, 3.05) is 37.9 Å². The number of carbonyl (C=O) groups is 2. The molecule has 0 atom stereocenters. The highest BCUT2D eigenvalue weighted by Gasteiger charge is 2.07. The van der Waals surface area contributed by atoms with E-state index in [-0.39, 0.29) is 18.0 Å². The van der Waals surface area contributed by atoms with Crippen molar-refractivity contribution in [3.63, 3.8) is 0 Å². The van der Waals surface area contributed by atoms with Crippen molar-refractivity contribution in [1.29, 1.82) is 0 Å². The second-order valence-corrected chi connectivity index (χ2v) is 4.02. The number of ether oxygens (including phenoxy) is 1. The van der Waals surface area contributed by atoms with Crippen LogP contribution in [0.25, 0.3) is 0 Å². The van der Waals surface area contributed by atoms with Crippen LogP contribution in [0.5, 0.6) is 0 Å². The second-order valence-electron chi connectivity index (χ2n) is 4.02. The average Bonchev–Trinajstić information content (AvgIpc) is 2.41. The van der Waals surface area contributed by atoms with Gasteiger partial charge in [-0.05, 0) is 12.1 Å². The summed E-state index contributed by atoms with van der Waals surface area (Å²) in [4.78, 5) is 26.4. The number of aromatic nitrogens is 1. The molecule has 0 aromatic carbocycles. The van der Waals surface area contributed by atoms with Crippen LogP contribution in [0.3, 0.4) is 0 Å². The van der Waals surface area contributed by atoms with Crippen LogP contribution in [0.2, 0.25) is 0 Å². The maximum atomic E-state index is 11.4. The molecule has 0 aliphatic carbocycles. The number of pyridine rings is 1. The Bertz CT molecular complexity index is 478. The fourth-order valence-electron chi connectivity index (χ4n) is 1.42. The number of carbonyl (C=O) groups excluding carboxylic acids is 2. The first-order valence-electron chi connectivity index (χ1n) is 6.10. The van der Waals surface area contributed by atoms with E-state index in [0.717, 1.165) is 0 Å². The van der Waals surface area contributed by atoms with Crippen molar-refractivity contribution >= 4 is 23.3 Å². The van der Waals surface area contributed by atoms with Gasteiger partial charge < -0.3 is 26.8 Å². The normalized spacial score (nSPS) is 10.1. The van der Waals surface area contributed by atoms with Crippen LogP contribution < -0.4 is 22.1 Å². The largest absolute Gasteiger partial charge is 0.396 e. The Morgan fingerprint density at radius 2 is 2.10 bits per heavy atom. The molecule has 1 aromatic heterocycles. The van der Waals surface area contributed by atoms with Crippen LogP contribution >= 0.6 is 0 Å². The van der Waals surface area contributed by atoms with Crippen LogP contribution in [0, 0.1) is 0 Å². The smallest absolute Gasteiger partial charge is 0.267 e. The predicted molar refractivity (Wildman–Crippen MR) is 75.2 cm³/mol. The van der Waals surface area contributed by atoms with E-state index in [1.807, 2.05) is 0 Å². The molecule has 0 aliphatic rings. The van der Waals surface area contributed by atoms with Gasteiger partial charge in [0.05, 0.1) is 12.3 Å². The Labute approximate surface area is 116 Å². The van der Waals surface area contributed by atoms with E-state index in [9.17, 15) is 9.59 Å². The van der Waals surface area contributed by atoms with E-state index in [1.165, 1.54) is 12.1 Å². The van der Waals surface area contributed by atoms with E-state index in [2.05, 4.69) is 15.6 Å². The maximum Gasteiger partial charge on any atom is 0.267 e. The summed E-state index contributed by atoms with van der Waals surface area (Å²) in [6.07, 6.45) is 0.256. The lowest BCUT2D eigenvalue weighted by molar-refractivity contribution is -0.121. The minimum absolute atomic E-state index is 0.112. The highest BCUT2D eigenvalue weighted by molar-refractivity contribution is 5.91. The first kappa shape index (κ1) is 15.7. The number of anilines is 2. The number of amides is 2. The van der Waals surface area contributed by atoms with Gasteiger partial charge >= 0.3 is 0 Å². The molecule has 1 rings (SSSR count). The number of nitrogens with one attached hydrogen (secondary N) is 2. The third kappa shape index (κ3) is 5.11. The molecule has 0 radical (unpaired) electrons. The molecule has 8 heteroatoms. The van der Waals surface area contributed by atoms with Crippen LogP contribution in [-0.4, -0.2) is 43.6 Å². The topological polar surface area (TPSA) is 132 Å². The predicted octanol–water partition coefficient (Wildman–Crippen LogP) is -0.673. The maximum absolute atomic E-state index is 11.4. The van der Waals surface area contributed by atoms with Crippen molar-refractivity contribution < 1.29 is 14.3 Å². The van der Waals surface area contributed by atoms with Gasteiger partial charge in [-0.25, -0.2) is 4.98 Å². The Kier molecular flexibility index (Phi) is 6.24. The average molecular weight is 281 g/mol. The number of rotatable bonds is 8. The molecule has 2 amide bonds. The molecule has 0 saturated carbocycles. The van der Waals surface area contributed by atoms with Crippen molar-refractivity contribution in [2.24, 2.45) is 5.73 Å². The first-order valence-corrected chi connectivity index (χ1v) is 6.10. The standard InChI is InChI=1S/C12H19N5O3/c1-20-7-6-15-10(18)4-5-16-12-8(13)2-3-9(17-12)11(14)19/h2-3H,4-7,13H2,1H3,(H2,14,19)(H,15,18)(H,16,17). The summed E-state index contributed by atoms with van der Waals surface area (Å²) < 4.78 is 4.82. The van der Waals surface area contributed by atoms with Crippen LogP contribution in [0.1, 0.15) is 16.9 Å². The van der Waals surface area contributed by atoms with Crippen LogP contribution in [0.4, 0.5) is 11.5 Å². The third-order valence-electron chi connectivity index (χ3n) is 2.45. The van der Waals surface area contributed by atoms with Gasteiger partial charge in [0.15, 0.2) is 0 Å². The van der Waals surface area contributed by atoms with Gasteiger partial charge in [0.2, 0.25) is 5.91 Å². The first-order chi connectivity index (χ1) is 9.54. The second kappa shape index (κ2) is 7.95. The van der Waals surface area contributed by atoms with Gasteiger partial charge in [-0.15, -0.1) is 0 Å². The molecule has 8 nitrogen and oxygen atoms in total. The molecule has 0 spiro atoms. The van der Waals surface area contributed by atoms with Gasteiger partial charge in [0.1, 0.15) is 11.5 Å². The van der Waals surface area contributed by atoms with Crippen molar-refractivity contribution in [3.8, 4) is 0 Å². The van der Waals surface area contributed by atoms with E-state index < -0.39 is 5.91 Å². The SMILES string of the molecule is COCCNC(=O)CCNc1nc(C(N)=O)ccc1N.